The first kappa shape index (κ1) is 17.1. The third-order valence-corrected chi connectivity index (χ3v) is 4.73. The van der Waals surface area contributed by atoms with Crippen LogP contribution in [0, 0.1) is 3.57 Å². The molecule has 0 bridgehead atoms. The summed E-state index contributed by atoms with van der Waals surface area (Å²) >= 11 is 3.12. The molecule has 1 aliphatic heterocycles. The Hall–Kier alpha value is -1.22. The Bertz CT molecular complexity index is 645. The molecule has 1 heterocycles. The van der Waals surface area contributed by atoms with Gasteiger partial charge in [-0.15, -0.1) is 0 Å². The zero-order valence-corrected chi connectivity index (χ0v) is 15.5. The summed E-state index contributed by atoms with van der Waals surface area (Å²) in [4.78, 5) is 25.5. The van der Waals surface area contributed by atoms with Gasteiger partial charge in [-0.1, -0.05) is 0 Å². The Kier molecular flexibility index (Phi) is 5.74. The predicted molar refractivity (Wildman–Crippen MR) is 95.2 cm³/mol. The van der Waals surface area contributed by atoms with Crippen molar-refractivity contribution in [2.45, 2.75) is 13.8 Å². The Morgan fingerprint density at radius 1 is 1.32 bits per heavy atom. The molecule has 0 aromatic heterocycles. The SMILES string of the molecule is CCOc1cc(/C=C2\SC(=O)N(CC)C2=O)cc(I)c1OC. The van der Waals surface area contributed by atoms with Crippen molar-refractivity contribution in [2.75, 3.05) is 20.3 Å². The summed E-state index contributed by atoms with van der Waals surface area (Å²) in [7, 11) is 1.59. The summed E-state index contributed by atoms with van der Waals surface area (Å²) in [6.45, 7) is 4.57. The number of hydrogen-bond acceptors (Lipinski definition) is 5. The number of ether oxygens (including phenoxy) is 2. The molecule has 0 spiro atoms. The average Bonchev–Trinajstić information content (AvgIpc) is 2.73. The smallest absolute Gasteiger partial charge is 0.293 e. The minimum Gasteiger partial charge on any atom is -0.492 e. The molecule has 22 heavy (non-hydrogen) atoms. The number of likely N-dealkylation sites (N-methyl/N-ethyl adjacent to an activating group) is 1. The lowest BCUT2D eigenvalue weighted by molar-refractivity contribution is -0.122. The van der Waals surface area contributed by atoms with Crippen LogP contribution in [0.15, 0.2) is 17.0 Å². The van der Waals surface area contributed by atoms with E-state index in [1.807, 2.05) is 19.1 Å². The van der Waals surface area contributed by atoms with Crippen LogP contribution in [0.25, 0.3) is 6.08 Å². The molecule has 0 radical (unpaired) electrons. The average molecular weight is 433 g/mol. The monoisotopic (exact) mass is 433 g/mol. The van der Waals surface area contributed by atoms with Crippen LogP contribution >= 0.6 is 34.4 Å². The lowest BCUT2D eigenvalue weighted by Crippen LogP contribution is -2.27. The molecule has 0 atom stereocenters. The molecule has 1 aromatic rings. The molecule has 0 aliphatic carbocycles. The molecular weight excluding hydrogens is 417 g/mol. The summed E-state index contributed by atoms with van der Waals surface area (Å²) in [5, 5.41) is -0.230. The maximum absolute atomic E-state index is 12.1. The van der Waals surface area contributed by atoms with Gasteiger partial charge in [-0.25, -0.2) is 0 Å². The highest BCUT2D eigenvalue weighted by Crippen LogP contribution is 2.37. The Morgan fingerprint density at radius 3 is 2.59 bits per heavy atom. The number of hydrogen-bond donors (Lipinski definition) is 0. The fourth-order valence-corrected chi connectivity index (χ4v) is 3.80. The normalized spacial score (nSPS) is 16.5. The fraction of sp³-hybridized carbons (Fsp3) is 0.333. The fourth-order valence-electron chi connectivity index (χ4n) is 2.06. The van der Waals surface area contributed by atoms with Gasteiger partial charge in [0.2, 0.25) is 0 Å². The van der Waals surface area contributed by atoms with Crippen LogP contribution in [0.1, 0.15) is 19.4 Å². The Labute approximate surface area is 147 Å². The van der Waals surface area contributed by atoms with E-state index in [2.05, 4.69) is 22.6 Å². The number of carbonyl (C=O) groups is 2. The van der Waals surface area contributed by atoms with E-state index < -0.39 is 0 Å². The highest BCUT2D eigenvalue weighted by Gasteiger charge is 2.33. The number of methoxy groups -OCH3 is 1. The lowest BCUT2D eigenvalue weighted by atomic mass is 10.2. The third kappa shape index (κ3) is 3.40. The number of nitrogens with zero attached hydrogens (tertiary/aromatic N) is 1. The van der Waals surface area contributed by atoms with Crippen LogP contribution in [-0.4, -0.2) is 36.3 Å². The maximum atomic E-state index is 12.1. The largest absolute Gasteiger partial charge is 0.492 e. The molecule has 118 valence electrons. The van der Waals surface area contributed by atoms with Gasteiger partial charge >= 0.3 is 0 Å². The molecule has 2 rings (SSSR count). The summed E-state index contributed by atoms with van der Waals surface area (Å²) in [5.74, 6) is 1.04. The molecular formula is C15H16INO4S. The van der Waals surface area contributed by atoms with Crippen molar-refractivity contribution in [1.82, 2.24) is 4.90 Å². The van der Waals surface area contributed by atoms with E-state index in [1.54, 1.807) is 20.1 Å². The van der Waals surface area contributed by atoms with Gasteiger partial charge in [0.25, 0.3) is 11.1 Å². The van der Waals surface area contributed by atoms with Crippen molar-refractivity contribution in [3.8, 4) is 11.5 Å². The van der Waals surface area contributed by atoms with Crippen molar-refractivity contribution >= 4 is 51.6 Å². The minimum absolute atomic E-state index is 0.230. The zero-order chi connectivity index (χ0) is 16.3. The van der Waals surface area contributed by atoms with E-state index in [-0.39, 0.29) is 11.1 Å². The molecule has 7 heteroatoms. The van der Waals surface area contributed by atoms with Crippen molar-refractivity contribution in [2.24, 2.45) is 0 Å². The quantitative estimate of drug-likeness (QED) is 0.523. The highest BCUT2D eigenvalue weighted by atomic mass is 127. The van der Waals surface area contributed by atoms with Gasteiger partial charge in [0.1, 0.15) is 0 Å². The van der Waals surface area contributed by atoms with E-state index >= 15 is 0 Å². The van der Waals surface area contributed by atoms with Crippen LogP contribution < -0.4 is 9.47 Å². The second-order valence-electron chi connectivity index (χ2n) is 4.39. The molecule has 0 N–H and O–H groups in total. The van der Waals surface area contributed by atoms with E-state index in [0.29, 0.717) is 29.6 Å². The van der Waals surface area contributed by atoms with Crippen LogP contribution in [0.2, 0.25) is 0 Å². The predicted octanol–water partition coefficient (Wildman–Crippen LogP) is 3.75. The van der Waals surface area contributed by atoms with E-state index in [9.17, 15) is 9.59 Å². The van der Waals surface area contributed by atoms with Crippen molar-refractivity contribution in [1.29, 1.82) is 0 Å². The van der Waals surface area contributed by atoms with Crippen LogP contribution in [-0.2, 0) is 4.79 Å². The third-order valence-electron chi connectivity index (χ3n) is 3.02. The first-order valence-corrected chi connectivity index (χ1v) is 8.67. The van der Waals surface area contributed by atoms with Gasteiger partial charge in [-0.05, 0) is 72.0 Å². The zero-order valence-electron chi connectivity index (χ0n) is 12.5. The number of rotatable bonds is 5. The number of halogens is 1. The van der Waals surface area contributed by atoms with Crippen LogP contribution in [0.3, 0.4) is 0 Å². The van der Waals surface area contributed by atoms with E-state index in [0.717, 1.165) is 20.9 Å². The standard InChI is InChI=1S/C15H16INO4S/c1-4-17-14(18)12(22-15(17)19)8-9-6-10(16)13(20-3)11(7-9)21-5-2/h6-8H,4-5H2,1-3H3/b12-8-. The lowest BCUT2D eigenvalue weighted by Gasteiger charge is -2.12. The van der Waals surface area contributed by atoms with E-state index in [4.69, 9.17) is 9.47 Å². The van der Waals surface area contributed by atoms with Gasteiger partial charge in [-0.2, -0.15) is 0 Å². The van der Waals surface area contributed by atoms with E-state index in [1.165, 1.54) is 4.90 Å². The van der Waals surface area contributed by atoms with Crippen LogP contribution in [0.5, 0.6) is 11.5 Å². The van der Waals surface area contributed by atoms with Gasteiger partial charge < -0.3 is 9.47 Å². The van der Waals surface area contributed by atoms with Crippen molar-refractivity contribution < 1.29 is 19.1 Å². The number of imide groups is 1. The second-order valence-corrected chi connectivity index (χ2v) is 6.55. The summed E-state index contributed by atoms with van der Waals surface area (Å²) in [6.07, 6.45) is 1.71. The van der Waals surface area contributed by atoms with Crippen molar-refractivity contribution in [3.05, 3.63) is 26.2 Å². The molecule has 1 saturated heterocycles. The number of thioether (sulfide) groups is 1. The molecule has 1 aliphatic rings. The Morgan fingerprint density at radius 2 is 2.05 bits per heavy atom. The topological polar surface area (TPSA) is 55.8 Å². The molecule has 0 unspecified atom stereocenters. The molecule has 1 aromatic carbocycles. The van der Waals surface area contributed by atoms with Gasteiger partial charge in [0.15, 0.2) is 11.5 Å². The molecule has 1 fully saturated rings. The maximum Gasteiger partial charge on any atom is 0.293 e. The molecule has 2 amide bonds. The minimum atomic E-state index is -0.249. The molecule has 5 nitrogen and oxygen atoms in total. The number of carbonyl (C=O) groups excluding carboxylic acids is 2. The highest BCUT2D eigenvalue weighted by molar-refractivity contribution is 14.1. The van der Waals surface area contributed by atoms with Gasteiger partial charge in [0.05, 0.1) is 22.2 Å². The first-order chi connectivity index (χ1) is 10.5. The van der Waals surface area contributed by atoms with Crippen LogP contribution in [0.4, 0.5) is 4.79 Å². The number of benzene rings is 1. The van der Waals surface area contributed by atoms with Gasteiger partial charge in [-0.3, -0.25) is 14.5 Å². The second kappa shape index (κ2) is 7.36. The summed E-state index contributed by atoms with van der Waals surface area (Å²) < 4.78 is 11.8. The first-order valence-electron chi connectivity index (χ1n) is 6.77. The van der Waals surface area contributed by atoms with Gasteiger partial charge in [0, 0.05) is 6.54 Å². The Balaban J connectivity index is 2.40. The molecule has 0 saturated carbocycles. The van der Waals surface area contributed by atoms with Crippen molar-refractivity contribution in [3.63, 3.8) is 0 Å². The number of amides is 2. The summed E-state index contributed by atoms with van der Waals surface area (Å²) in [6, 6.07) is 3.70. The summed E-state index contributed by atoms with van der Waals surface area (Å²) in [5.41, 5.74) is 0.801.